The molecule has 0 spiro atoms. The Balaban J connectivity index is 4.64. The molecule has 0 unspecified atom stereocenters. The molecule has 0 aromatic carbocycles. The highest BCUT2D eigenvalue weighted by molar-refractivity contribution is 5.85. The Morgan fingerprint density at radius 2 is 1.93 bits per heavy atom. The van der Waals surface area contributed by atoms with Gasteiger partial charge in [-0.15, -0.1) is 0 Å². The van der Waals surface area contributed by atoms with Gasteiger partial charge in [0, 0.05) is 30.2 Å². The summed E-state index contributed by atoms with van der Waals surface area (Å²) < 4.78 is 0. The van der Waals surface area contributed by atoms with Gasteiger partial charge in [0.2, 0.25) is 0 Å². The lowest BCUT2D eigenvalue weighted by molar-refractivity contribution is 0.914. The maximum absolute atomic E-state index is 4.00. The van der Waals surface area contributed by atoms with Crippen LogP contribution in [-0.4, -0.2) is 13.3 Å². The zero-order chi connectivity index (χ0) is 11.1. The van der Waals surface area contributed by atoms with Crippen molar-refractivity contribution >= 4 is 6.21 Å². The molecule has 0 bridgehead atoms. The van der Waals surface area contributed by atoms with E-state index in [2.05, 4.69) is 30.4 Å². The van der Waals surface area contributed by atoms with Crippen molar-refractivity contribution in [1.29, 1.82) is 0 Å². The monoisotopic (exact) mass is 192 g/mol. The van der Waals surface area contributed by atoms with Crippen molar-refractivity contribution in [3.63, 3.8) is 0 Å². The molecule has 0 rings (SSSR count). The molecule has 0 aromatic heterocycles. The van der Waals surface area contributed by atoms with E-state index in [1.54, 1.807) is 7.05 Å². The largest absolute Gasteiger partial charge is 0.359 e. The van der Waals surface area contributed by atoms with Gasteiger partial charge in [-0.05, 0) is 20.3 Å². The van der Waals surface area contributed by atoms with Gasteiger partial charge in [0.05, 0.1) is 0 Å². The molecule has 2 heteroatoms. The average molecular weight is 192 g/mol. The summed E-state index contributed by atoms with van der Waals surface area (Å²) in [5.74, 6) is 0. The van der Waals surface area contributed by atoms with E-state index in [0.717, 1.165) is 23.4 Å². The Kier molecular flexibility index (Phi) is 5.61. The average Bonchev–Trinajstić information content (AvgIpc) is 2.13. The predicted molar refractivity (Wildman–Crippen MR) is 64.5 cm³/mol. The first-order chi connectivity index (χ1) is 6.52. The van der Waals surface area contributed by atoms with E-state index in [1.165, 1.54) is 5.57 Å². The van der Waals surface area contributed by atoms with Crippen LogP contribution in [0.15, 0.2) is 40.7 Å². The first-order valence-corrected chi connectivity index (χ1v) is 4.76. The van der Waals surface area contributed by atoms with E-state index >= 15 is 0 Å². The quantitative estimate of drug-likeness (QED) is 0.525. The molecule has 0 saturated carbocycles. The molecule has 0 atom stereocenters. The van der Waals surface area contributed by atoms with Crippen molar-refractivity contribution in [3.05, 3.63) is 35.7 Å². The van der Waals surface area contributed by atoms with Gasteiger partial charge in [0.25, 0.3) is 0 Å². The van der Waals surface area contributed by atoms with Crippen LogP contribution in [0.4, 0.5) is 0 Å². The molecular weight excluding hydrogens is 172 g/mol. The number of allylic oxidation sites excluding steroid dienone is 3. The minimum atomic E-state index is 0.863. The molecule has 0 aliphatic rings. The summed E-state index contributed by atoms with van der Waals surface area (Å²) in [7, 11) is 1.75. The fourth-order valence-corrected chi connectivity index (χ4v) is 1.01. The third-order valence-electron chi connectivity index (χ3n) is 1.88. The second-order valence-corrected chi connectivity index (χ2v) is 3.36. The second kappa shape index (κ2) is 6.19. The van der Waals surface area contributed by atoms with E-state index in [-0.39, 0.29) is 0 Å². The summed E-state index contributed by atoms with van der Waals surface area (Å²) in [6.07, 6.45) is 2.71. The number of rotatable bonds is 5. The standard InChI is InChI=1S/C12H20N2/c1-7-10(4)14-11(5)12(8-13-6)9(2)3/h8,14H,4-5,7H2,1-3,6H3/b13-8-. The zero-order valence-corrected chi connectivity index (χ0v) is 9.65. The van der Waals surface area contributed by atoms with Crippen molar-refractivity contribution < 1.29 is 0 Å². The van der Waals surface area contributed by atoms with Gasteiger partial charge < -0.3 is 5.32 Å². The predicted octanol–water partition coefficient (Wildman–Crippen LogP) is 3.05. The molecule has 0 fully saturated rings. The van der Waals surface area contributed by atoms with Gasteiger partial charge in [0.15, 0.2) is 0 Å². The van der Waals surface area contributed by atoms with Crippen LogP contribution < -0.4 is 5.32 Å². The highest BCUT2D eigenvalue weighted by Crippen LogP contribution is 2.10. The van der Waals surface area contributed by atoms with Gasteiger partial charge in [-0.3, -0.25) is 4.99 Å². The lowest BCUT2D eigenvalue weighted by atomic mass is 10.1. The van der Waals surface area contributed by atoms with Crippen LogP contribution in [0.5, 0.6) is 0 Å². The number of aliphatic imine (C=N–C) groups is 1. The van der Waals surface area contributed by atoms with E-state index in [4.69, 9.17) is 0 Å². The van der Waals surface area contributed by atoms with Crippen LogP contribution in [0.25, 0.3) is 0 Å². The summed E-state index contributed by atoms with van der Waals surface area (Å²) >= 11 is 0. The second-order valence-electron chi connectivity index (χ2n) is 3.36. The number of nitrogens with zero attached hydrogens (tertiary/aromatic N) is 1. The van der Waals surface area contributed by atoms with Crippen LogP contribution >= 0.6 is 0 Å². The van der Waals surface area contributed by atoms with Gasteiger partial charge in [-0.2, -0.15) is 0 Å². The fraction of sp³-hybridized carbons (Fsp3) is 0.417. The molecule has 0 aliphatic heterocycles. The highest BCUT2D eigenvalue weighted by atomic mass is 14.9. The van der Waals surface area contributed by atoms with E-state index < -0.39 is 0 Å². The van der Waals surface area contributed by atoms with Crippen LogP contribution in [0.1, 0.15) is 27.2 Å². The number of nitrogens with one attached hydrogen (secondary N) is 1. The maximum Gasteiger partial charge on any atom is 0.0397 e. The molecule has 2 nitrogen and oxygen atoms in total. The summed E-state index contributed by atoms with van der Waals surface area (Å²) in [6, 6.07) is 0. The van der Waals surface area contributed by atoms with Gasteiger partial charge in [-0.1, -0.05) is 25.7 Å². The molecular formula is C12H20N2. The first kappa shape index (κ1) is 12.7. The number of hydrogen-bond acceptors (Lipinski definition) is 2. The highest BCUT2D eigenvalue weighted by Gasteiger charge is 2.02. The molecule has 0 radical (unpaired) electrons. The molecule has 0 heterocycles. The van der Waals surface area contributed by atoms with Crippen LogP contribution in [0.2, 0.25) is 0 Å². The first-order valence-electron chi connectivity index (χ1n) is 4.76. The molecule has 1 N–H and O–H groups in total. The third-order valence-corrected chi connectivity index (χ3v) is 1.88. The van der Waals surface area contributed by atoms with E-state index in [0.29, 0.717) is 0 Å². The van der Waals surface area contributed by atoms with Gasteiger partial charge in [0.1, 0.15) is 0 Å². The minimum absolute atomic E-state index is 0.863. The Labute approximate surface area is 87.1 Å². The lowest BCUT2D eigenvalue weighted by Gasteiger charge is -2.12. The summed E-state index contributed by atoms with van der Waals surface area (Å²) in [5, 5.41) is 3.16. The minimum Gasteiger partial charge on any atom is -0.359 e. The normalized spacial score (nSPS) is 10.0. The Morgan fingerprint density at radius 3 is 2.29 bits per heavy atom. The van der Waals surface area contributed by atoms with Crippen molar-refractivity contribution in [2.45, 2.75) is 27.2 Å². The Morgan fingerprint density at radius 1 is 1.36 bits per heavy atom. The van der Waals surface area contributed by atoms with Crippen molar-refractivity contribution in [3.8, 4) is 0 Å². The Bertz CT molecular complexity index is 279. The topological polar surface area (TPSA) is 24.4 Å². The Hall–Kier alpha value is -1.31. The van der Waals surface area contributed by atoms with Crippen LogP contribution in [0, 0.1) is 0 Å². The van der Waals surface area contributed by atoms with Gasteiger partial charge >= 0.3 is 0 Å². The summed E-state index contributed by atoms with van der Waals surface area (Å²) in [5.41, 5.74) is 4.07. The molecule has 78 valence electrons. The van der Waals surface area contributed by atoms with Crippen molar-refractivity contribution in [1.82, 2.24) is 5.32 Å². The van der Waals surface area contributed by atoms with Crippen molar-refractivity contribution in [2.75, 3.05) is 7.05 Å². The number of hydrogen-bond donors (Lipinski definition) is 1. The molecule has 0 saturated heterocycles. The van der Waals surface area contributed by atoms with Crippen LogP contribution in [-0.2, 0) is 0 Å². The maximum atomic E-state index is 4.00. The van der Waals surface area contributed by atoms with Gasteiger partial charge in [-0.25, -0.2) is 0 Å². The van der Waals surface area contributed by atoms with Crippen molar-refractivity contribution in [2.24, 2.45) is 4.99 Å². The zero-order valence-electron chi connectivity index (χ0n) is 9.65. The SMILES string of the molecule is C=C(CC)NC(=C)C(/C=N\C)=C(C)C. The molecule has 0 aliphatic carbocycles. The summed E-state index contributed by atoms with van der Waals surface area (Å²) in [4.78, 5) is 4.00. The lowest BCUT2D eigenvalue weighted by Crippen LogP contribution is -2.13. The molecule has 0 aromatic rings. The van der Waals surface area contributed by atoms with E-state index in [9.17, 15) is 0 Å². The summed E-state index contributed by atoms with van der Waals surface area (Å²) in [6.45, 7) is 14.0. The smallest absolute Gasteiger partial charge is 0.0397 e. The molecule has 14 heavy (non-hydrogen) atoms. The fourth-order valence-electron chi connectivity index (χ4n) is 1.01. The van der Waals surface area contributed by atoms with Crippen LogP contribution in [0.3, 0.4) is 0 Å². The third kappa shape index (κ3) is 4.08. The van der Waals surface area contributed by atoms with E-state index in [1.807, 2.05) is 20.1 Å². The molecule has 0 amide bonds.